The standard InChI is InChI=1S/C15H18N2O2S2/c1-19-15(18)13-4-2-3-6-17(13)8-12-10-21-14(16-12)11-5-7-20-9-11/h5,7,9-10,13H,2-4,6,8H2,1H3. The molecule has 4 nitrogen and oxygen atoms in total. The van der Waals surface area contributed by atoms with Crippen molar-refractivity contribution in [3.63, 3.8) is 0 Å². The van der Waals surface area contributed by atoms with Crippen LogP contribution in [0.2, 0.25) is 0 Å². The van der Waals surface area contributed by atoms with Crippen LogP contribution >= 0.6 is 22.7 Å². The van der Waals surface area contributed by atoms with Gasteiger partial charge in [0, 0.05) is 22.9 Å². The summed E-state index contributed by atoms with van der Waals surface area (Å²) in [7, 11) is 1.46. The number of aromatic nitrogens is 1. The van der Waals surface area contributed by atoms with E-state index in [-0.39, 0.29) is 12.0 Å². The highest BCUT2D eigenvalue weighted by Crippen LogP contribution is 2.27. The van der Waals surface area contributed by atoms with Gasteiger partial charge in [0.05, 0.1) is 12.8 Å². The van der Waals surface area contributed by atoms with Crippen molar-refractivity contribution in [3.8, 4) is 10.6 Å². The molecule has 21 heavy (non-hydrogen) atoms. The summed E-state index contributed by atoms with van der Waals surface area (Å²) in [6.45, 7) is 1.66. The Balaban J connectivity index is 1.71. The van der Waals surface area contributed by atoms with Crippen LogP contribution in [-0.2, 0) is 16.1 Å². The molecule has 1 saturated heterocycles. The summed E-state index contributed by atoms with van der Waals surface area (Å²) in [5.41, 5.74) is 2.22. The Kier molecular flexibility index (Phi) is 4.67. The third-order valence-electron chi connectivity index (χ3n) is 3.77. The maximum Gasteiger partial charge on any atom is 0.323 e. The Bertz CT molecular complexity index is 595. The molecule has 1 fully saturated rings. The van der Waals surface area contributed by atoms with Crippen LogP contribution in [0.3, 0.4) is 0 Å². The molecule has 1 unspecified atom stereocenters. The molecule has 0 saturated carbocycles. The topological polar surface area (TPSA) is 42.4 Å². The molecule has 0 bridgehead atoms. The van der Waals surface area contributed by atoms with Crippen LogP contribution in [0.15, 0.2) is 22.2 Å². The van der Waals surface area contributed by atoms with E-state index >= 15 is 0 Å². The number of carbonyl (C=O) groups excluding carboxylic acids is 1. The Hall–Kier alpha value is -1.24. The minimum Gasteiger partial charge on any atom is -0.468 e. The summed E-state index contributed by atoms with van der Waals surface area (Å²) in [5, 5.41) is 7.32. The Morgan fingerprint density at radius 2 is 2.38 bits per heavy atom. The lowest BCUT2D eigenvalue weighted by Crippen LogP contribution is -2.44. The van der Waals surface area contributed by atoms with Crippen LogP contribution in [0.4, 0.5) is 0 Å². The third-order valence-corrected chi connectivity index (χ3v) is 5.40. The minimum absolute atomic E-state index is 0.116. The fourth-order valence-electron chi connectivity index (χ4n) is 2.69. The van der Waals surface area contributed by atoms with Crippen molar-refractivity contribution in [2.75, 3.05) is 13.7 Å². The Labute approximate surface area is 132 Å². The van der Waals surface area contributed by atoms with Crippen LogP contribution in [0, 0.1) is 0 Å². The van der Waals surface area contributed by atoms with E-state index < -0.39 is 0 Å². The monoisotopic (exact) mass is 322 g/mol. The van der Waals surface area contributed by atoms with Crippen molar-refractivity contribution in [1.82, 2.24) is 9.88 Å². The average Bonchev–Trinajstić information content (AvgIpc) is 3.18. The first kappa shape index (κ1) is 14.7. The number of hydrogen-bond donors (Lipinski definition) is 0. The molecule has 0 spiro atoms. The van der Waals surface area contributed by atoms with E-state index in [1.165, 1.54) is 12.7 Å². The number of likely N-dealkylation sites (tertiary alicyclic amines) is 1. The van der Waals surface area contributed by atoms with Crippen molar-refractivity contribution in [2.24, 2.45) is 0 Å². The van der Waals surface area contributed by atoms with Crippen molar-refractivity contribution < 1.29 is 9.53 Å². The van der Waals surface area contributed by atoms with Crippen molar-refractivity contribution in [3.05, 3.63) is 27.9 Å². The molecular formula is C15H18N2O2S2. The summed E-state index contributed by atoms with van der Waals surface area (Å²) in [6, 6.07) is 1.97. The van der Waals surface area contributed by atoms with Crippen molar-refractivity contribution in [1.29, 1.82) is 0 Å². The van der Waals surface area contributed by atoms with E-state index in [9.17, 15) is 4.79 Å². The highest BCUT2D eigenvalue weighted by atomic mass is 32.1. The molecule has 3 heterocycles. The maximum absolute atomic E-state index is 11.9. The highest BCUT2D eigenvalue weighted by Gasteiger charge is 2.29. The molecule has 2 aromatic rings. The first-order chi connectivity index (χ1) is 10.3. The SMILES string of the molecule is COC(=O)C1CCCCN1Cc1csc(-c2ccsc2)n1. The molecule has 2 aromatic heterocycles. The van der Waals surface area contributed by atoms with Gasteiger partial charge in [-0.2, -0.15) is 11.3 Å². The third kappa shape index (κ3) is 3.33. The van der Waals surface area contributed by atoms with Crippen LogP contribution in [0.1, 0.15) is 25.0 Å². The smallest absolute Gasteiger partial charge is 0.323 e. The summed E-state index contributed by atoms with van der Waals surface area (Å²) >= 11 is 3.35. The van der Waals surface area contributed by atoms with Gasteiger partial charge in [-0.3, -0.25) is 9.69 Å². The molecule has 0 aliphatic carbocycles. The molecule has 0 amide bonds. The van der Waals surface area contributed by atoms with E-state index in [0.29, 0.717) is 0 Å². The molecule has 1 aliphatic heterocycles. The van der Waals surface area contributed by atoms with E-state index in [4.69, 9.17) is 9.72 Å². The minimum atomic E-state index is -0.122. The number of rotatable bonds is 4. The van der Waals surface area contributed by atoms with Gasteiger partial charge in [-0.1, -0.05) is 6.42 Å². The summed E-state index contributed by atoms with van der Waals surface area (Å²) < 4.78 is 4.92. The lowest BCUT2D eigenvalue weighted by molar-refractivity contribution is -0.148. The van der Waals surface area contributed by atoms with Gasteiger partial charge >= 0.3 is 5.97 Å². The number of hydrogen-bond acceptors (Lipinski definition) is 6. The zero-order chi connectivity index (χ0) is 14.7. The molecular weight excluding hydrogens is 304 g/mol. The first-order valence-corrected chi connectivity index (χ1v) is 8.89. The zero-order valence-corrected chi connectivity index (χ0v) is 13.6. The summed E-state index contributed by atoms with van der Waals surface area (Å²) in [4.78, 5) is 18.8. The van der Waals surface area contributed by atoms with E-state index in [0.717, 1.165) is 43.1 Å². The Morgan fingerprint density at radius 1 is 1.48 bits per heavy atom. The number of ether oxygens (including phenoxy) is 1. The molecule has 3 rings (SSSR count). The molecule has 112 valence electrons. The molecule has 0 N–H and O–H groups in total. The van der Waals surface area contributed by atoms with Crippen LogP contribution in [0.25, 0.3) is 10.6 Å². The number of piperidine rings is 1. The second-order valence-electron chi connectivity index (χ2n) is 5.16. The summed E-state index contributed by atoms with van der Waals surface area (Å²) in [5.74, 6) is -0.122. The van der Waals surface area contributed by atoms with Gasteiger partial charge < -0.3 is 4.74 Å². The van der Waals surface area contributed by atoms with Gasteiger partial charge in [-0.15, -0.1) is 11.3 Å². The van der Waals surface area contributed by atoms with Crippen LogP contribution in [-0.4, -0.2) is 35.5 Å². The number of carbonyl (C=O) groups is 1. The van der Waals surface area contributed by atoms with Crippen molar-refractivity contribution >= 4 is 28.6 Å². The first-order valence-electron chi connectivity index (χ1n) is 7.07. The quantitative estimate of drug-likeness (QED) is 0.809. The molecule has 0 radical (unpaired) electrons. The lowest BCUT2D eigenvalue weighted by Gasteiger charge is -2.33. The van der Waals surface area contributed by atoms with E-state index in [1.807, 2.05) is 0 Å². The van der Waals surface area contributed by atoms with Gasteiger partial charge in [-0.25, -0.2) is 4.98 Å². The zero-order valence-electron chi connectivity index (χ0n) is 11.9. The van der Waals surface area contributed by atoms with E-state index in [2.05, 4.69) is 27.1 Å². The normalized spacial score (nSPS) is 19.6. The van der Waals surface area contributed by atoms with Gasteiger partial charge in [0.25, 0.3) is 0 Å². The van der Waals surface area contributed by atoms with Gasteiger partial charge in [-0.05, 0) is 30.8 Å². The lowest BCUT2D eigenvalue weighted by atomic mass is 10.0. The highest BCUT2D eigenvalue weighted by molar-refractivity contribution is 7.14. The maximum atomic E-state index is 11.9. The van der Waals surface area contributed by atoms with Gasteiger partial charge in [0.2, 0.25) is 0 Å². The summed E-state index contributed by atoms with van der Waals surface area (Å²) in [6.07, 6.45) is 3.11. The number of thiazole rings is 1. The predicted molar refractivity (Wildman–Crippen MR) is 85.5 cm³/mol. The van der Waals surface area contributed by atoms with Gasteiger partial charge in [0.15, 0.2) is 0 Å². The number of methoxy groups -OCH3 is 1. The molecule has 1 aliphatic rings. The van der Waals surface area contributed by atoms with Crippen LogP contribution < -0.4 is 0 Å². The van der Waals surface area contributed by atoms with Gasteiger partial charge in [0.1, 0.15) is 11.0 Å². The molecule has 6 heteroatoms. The van der Waals surface area contributed by atoms with E-state index in [1.54, 1.807) is 22.7 Å². The fourth-order valence-corrected chi connectivity index (χ4v) is 4.21. The number of thiophene rings is 1. The fraction of sp³-hybridized carbons (Fsp3) is 0.467. The number of nitrogens with zero attached hydrogens (tertiary/aromatic N) is 2. The average molecular weight is 322 g/mol. The second kappa shape index (κ2) is 6.68. The molecule has 0 aromatic carbocycles. The van der Waals surface area contributed by atoms with Crippen molar-refractivity contribution in [2.45, 2.75) is 31.8 Å². The largest absolute Gasteiger partial charge is 0.468 e. The number of esters is 1. The Morgan fingerprint density at radius 3 is 3.14 bits per heavy atom. The molecule has 1 atom stereocenters. The second-order valence-corrected chi connectivity index (χ2v) is 6.80. The predicted octanol–water partition coefficient (Wildman–Crippen LogP) is 3.40. The van der Waals surface area contributed by atoms with Crippen LogP contribution in [0.5, 0.6) is 0 Å².